The highest BCUT2D eigenvalue weighted by Crippen LogP contribution is 2.14. The number of anilines is 1. The van der Waals surface area contributed by atoms with Crippen molar-refractivity contribution >= 4 is 17.0 Å². The zero-order valence-electron chi connectivity index (χ0n) is 8.51. The quantitative estimate of drug-likeness (QED) is 0.657. The van der Waals surface area contributed by atoms with Gasteiger partial charge in [0.05, 0.1) is 0 Å². The first-order valence-corrected chi connectivity index (χ1v) is 4.77. The van der Waals surface area contributed by atoms with E-state index >= 15 is 0 Å². The summed E-state index contributed by atoms with van der Waals surface area (Å²) in [5.41, 5.74) is 6.82. The Morgan fingerprint density at radius 3 is 3.13 bits per heavy atom. The molecule has 3 N–H and O–H groups in total. The Bertz CT molecular complexity index is 449. The van der Waals surface area contributed by atoms with E-state index < -0.39 is 0 Å². The summed E-state index contributed by atoms with van der Waals surface area (Å²) in [6.07, 6.45) is 2.39. The summed E-state index contributed by atoms with van der Waals surface area (Å²) in [5.74, 6) is 0.710. The number of aryl methyl sites for hydroxylation is 1. The summed E-state index contributed by atoms with van der Waals surface area (Å²) in [6.45, 7) is 1.43. The molecule has 0 bridgehead atoms. The minimum atomic E-state index is 0.654. The van der Waals surface area contributed by atoms with E-state index in [9.17, 15) is 0 Å². The number of hydrogen-bond donors (Lipinski definition) is 2. The van der Waals surface area contributed by atoms with Crippen LogP contribution in [-0.2, 0) is 7.05 Å². The van der Waals surface area contributed by atoms with E-state index in [1.54, 1.807) is 11.7 Å². The summed E-state index contributed by atoms with van der Waals surface area (Å²) in [5, 5.41) is 11.0. The number of aromatic nitrogens is 5. The van der Waals surface area contributed by atoms with Crippen LogP contribution in [-0.4, -0.2) is 38.1 Å². The summed E-state index contributed by atoms with van der Waals surface area (Å²) >= 11 is 0. The summed E-state index contributed by atoms with van der Waals surface area (Å²) in [6, 6.07) is 0. The summed E-state index contributed by atoms with van der Waals surface area (Å²) < 4.78 is 1.62. The van der Waals surface area contributed by atoms with Crippen LogP contribution < -0.4 is 11.1 Å². The molecule has 0 saturated carbocycles. The molecular formula is C8H13N7. The van der Waals surface area contributed by atoms with E-state index in [2.05, 4.69) is 25.6 Å². The van der Waals surface area contributed by atoms with Gasteiger partial charge in [-0.15, -0.1) is 5.10 Å². The molecule has 2 rings (SSSR count). The van der Waals surface area contributed by atoms with Crippen molar-refractivity contribution in [2.45, 2.75) is 6.42 Å². The number of nitrogens with zero attached hydrogens (tertiary/aromatic N) is 5. The molecule has 0 amide bonds. The van der Waals surface area contributed by atoms with Crippen LogP contribution in [0.15, 0.2) is 6.33 Å². The minimum absolute atomic E-state index is 0.654. The fourth-order valence-corrected chi connectivity index (χ4v) is 1.29. The summed E-state index contributed by atoms with van der Waals surface area (Å²) in [7, 11) is 1.80. The predicted octanol–water partition coefficient (Wildman–Crippen LogP) is -0.481. The van der Waals surface area contributed by atoms with Crippen LogP contribution in [0.1, 0.15) is 6.42 Å². The molecule has 0 atom stereocenters. The van der Waals surface area contributed by atoms with Gasteiger partial charge in [-0.25, -0.2) is 14.6 Å². The zero-order valence-corrected chi connectivity index (χ0v) is 8.51. The molecule has 0 saturated heterocycles. The van der Waals surface area contributed by atoms with Crippen molar-refractivity contribution in [2.75, 3.05) is 18.4 Å². The molecule has 2 heterocycles. The van der Waals surface area contributed by atoms with Crippen molar-refractivity contribution < 1.29 is 0 Å². The SMILES string of the molecule is Cn1nnc2c(NCCCN)ncnc21. The number of fused-ring (bicyclic) bond motifs is 1. The van der Waals surface area contributed by atoms with Gasteiger partial charge in [-0.1, -0.05) is 5.21 Å². The van der Waals surface area contributed by atoms with Crippen LogP contribution in [0.3, 0.4) is 0 Å². The molecular weight excluding hydrogens is 194 g/mol. The molecule has 0 aliphatic carbocycles. The fraction of sp³-hybridized carbons (Fsp3) is 0.500. The van der Waals surface area contributed by atoms with Crippen LogP contribution in [0.25, 0.3) is 11.2 Å². The van der Waals surface area contributed by atoms with Gasteiger partial charge in [-0.2, -0.15) is 0 Å². The third-order valence-corrected chi connectivity index (χ3v) is 2.06. The highest BCUT2D eigenvalue weighted by Gasteiger charge is 2.08. The number of hydrogen-bond acceptors (Lipinski definition) is 6. The minimum Gasteiger partial charge on any atom is -0.368 e. The van der Waals surface area contributed by atoms with Gasteiger partial charge >= 0.3 is 0 Å². The zero-order chi connectivity index (χ0) is 10.7. The topological polar surface area (TPSA) is 94.5 Å². The number of nitrogens with two attached hydrogens (primary N) is 1. The highest BCUT2D eigenvalue weighted by atomic mass is 15.4. The lowest BCUT2D eigenvalue weighted by Gasteiger charge is -2.03. The van der Waals surface area contributed by atoms with Crippen molar-refractivity contribution in [1.29, 1.82) is 0 Å². The first kappa shape index (κ1) is 9.78. The Kier molecular flexibility index (Phi) is 2.72. The molecule has 7 heteroatoms. The van der Waals surface area contributed by atoms with Gasteiger partial charge < -0.3 is 11.1 Å². The van der Waals surface area contributed by atoms with Crippen LogP contribution in [0.4, 0.5) is 5.82 Å². The van der Waals surface area contributed by atoms with Gasteiger partial charge in [0.15, 0.2) is 17.0 Å². The van der Waals surface area contributed by atoms with Crippen LogP contribution >= 0.6 is 0 Å². The maximum absolute atomic E-state index is 5.40. The standard InChI is InChI=1S/C8H13N7/c1-15-8-6(13-14-15)7(11-5-12-8)10-4-2-3-9/h5H,2-4,9H2,1H3,(H,10,11,12). The van der Waals surface area contributed by atoms with Gasteiger partial charge in [0.25, 0.3) is 0 Å². The van der Waals surface area contributed by atoms with E-state index in [1.165, 1.54) is 6.33 Å². The molecule has 0 aromatic carbocycles. The first-order valence-electron chi connectivity index (χ1n) is 4.77. The molecule has 2 aromatic rings. The molecule has 0 radical (unpaired) electrons. The number of nitrogens with one attached hydrogen (secondary N) is 1. The second-order valence-electron chi connectivity index (χ2n) is 3.18. The van der Waals surface area contributed by atoms with Crippen LogP contribution in [0.5, 0.6) is 0 Å². The van der Waals surface area contributed by atoms with E-state index in [-0.39, 0.29) is 0 Å². The molecule has 0 unspecified atom stereocenters. The van der Waals surface area contributed by atoms with Crippen LogP contribution in [0, 0.1) is 0 Å². The molecule has 0 spiro atoms. The first-order chi connectivity index (χ1) is 7.33. The molecule has 80 valence electrons. The van der Waals surface area contributed by atoms with E-state index in [0.717, 1.165) is 18.6 Å². The fourth-order valence-electron chi connectivity index (χ4n) is 1.29. The number of rotatable bonds is 4. The van der Waals surface area contributed by atoms with E-state index in [0.29, 0.717) is 17.9 Å². The molecule has 0 fully saturated rings. The van der Waals surface area contributed by atoms with E-state index in [1.807, 2.05) is 0 Å². The Balaban J connectivity index is 2.26. The van der Waals surface area contributed by atoms with Gasteiger partial charge in [0.2, 0.25) is 0 Å². The average molecular weight is 207 g/mol. The average Bonchev–Trinajstić information content (AvgIpc) is 2.62. The predicted molar refractivity (Wildman–Crippen MR) is 56.3 cm³/mol. The molecule has 0 aliphatic rings. The smallest absolute Gasteiger partial charge is 0.183 e. The Labute approximate surface area is 86.7 Å². The van der Waals surface area contributed by atoms with Crippen molar-refractivity contribution in [2.24, 2.45) is 12.8 Å². The van der Waals surface area contributed by atoms with Crippen molar-refractivity contribution in [1.82, 2.24) is 25.0 Å². The summed E-state index contributed by atoms with van der Waals surface area (Å²) in [4.78, 5) is 8.20. The molecule has 0 aliphatic heterocycles. The highest BCUT2D eigenvalue weighted by molar-refractivity contribution is 5.81. The van der Waals surface area contributed by atoms with Gasteiger partial charge in [-0.3, -0.25) is 0 Å². The third kappa shape index (κ3) is 1.86. The normalized spacial score (nSPS) is 10.8. The lowest BCUT2D eigenvalue weighted by atomic mass is 10.4. The molecule has 15 heavy (non-hydrogen) atoms. The van der Waals surface area contributed by atoms with Gasteiger partial charge in [-0.05, 0) is 13.0 Å². The van der Waals surface area contributed by atoms with Crippen molar-refractivity contribution in [3.63, 3.8) is 0 Å². The second kappa shape index (κ2) is 4.18. The third-order valence-electron chi connectivity index (χ3n) is 2.06. The van der Waals surface area contributed by atoms with Crippen LogP contribution in [0.2, 0.25) is 0 Å². The lowest BCUT2D eigenvalue weighted by molar-refractivity contribution is 0.729. The second-order valence-corrected chi connectivity index (χ2v) is 3.18. The Morgan fingerprint density at radius 1 is 1.47 bits per heavy atom. The van der Waals surface area contributed by atoms with Gasteiger partial charge in [0, 0.05) is 13.6 Å². The van der Waals surface area contributed by atoms with E-state index in [4.69, 9.17) is 5.73 Å². The Morgan fingerprint density at radius 2 is 2.33 bits per heavy atom. The van der Waals surface area contributed by atoms with Crippen molar-refractivity contribution in [3.05, 3.63) is 6.33 Å². The lowest BCUT2D eigenvalue weighted by Crippen LogP contribution is -2.09. The maximum Gasteiger partial charge on any atom is 0.183 e. The largest absolute Gasteiger partial charge is 0.368 e. The molecule has 7 nitrogen and oxygen atoms in total. The monoisotopic (exact) mass is 207 g/mol. The van der Waals surface area contributed by atoms with Crippen molar-refractivity contribution in [3.8, 4) is 0 Å². The molecule has 2 aromatic heterocycles. The van der Waals surface area contributed by atoms with Gasteiger partial charge in [0.1, 0.15) is 6.33 Å². The maximum atomic E-state index is 5.40. The Hall–Kier alpha value is -1.76.